The molecule has 0 atom stereocenters. The van der Waals surface area contributed by atoms with Crippen molar-refractivity contribution in [2.24, 2.45) is 0 Å². The molecule has 0 aliphatic heterocycles. The first-order valence-corrected chi connectivity index (χ1v) is 8.05. The van der Waals surface area contributed by atoms with Gasteiger partial charge < -0.3 is 10.1 Å². The molecule has 3 aromatic rings. The van der Waals surface area contributed by atoms with E-state index < -0.39 is 0 Å². The van der Waals surface area contributed by atoms with Crippen molar-refractivity contribution in [3.63, 3.8) is 0 Å². The molecular formula is C22H24N2O2. The van der Waals surface area contributed by atoms with Gasteiger partial charge >= 0.3 is 0 Å². The summed E-state index contributed by atoms with van der Waals surface area (Å²) in [7, 11) is 1.63. The highest BCUT2D eigenvalue weighted by molar-refractivity contribution is 6.05. The SMILES string of the molecule is C.COc1cccc(-c2cncc(C(=O)Nc3cc(C)ccc3C)c2)c1. The number of hydrogen-bond acceptors (Lipinski definition) is 3. The van der Waals surface area contributed by atoms with Gasteiger partial charge in [-0.15, -0.1) is 0 Å². The van der Waals surface area contributed by atoms with Gasteiger partial charge in [-0.1, -0.05) is 31.7 Å². The summed E-state index contributed by atoms with van der Waals surface area (Å²) in [4.78, 5) is 16.8. The van der Waals surface area contributed by atoms with Gasteiger partial charge in [-0.2, -0.15) is 0 Å². The van der Waals surface area contributed by atoms with E-state index in [4.69, 9.17) is 4.74 Å². The molecule has 3 rings (SSSR count). The number of amides is 1. The van der Waals surface area contributed by atoms with Gasteiger partial charge in [0.25, 0.3) is 5.91 Å². The van der Waals surface area contributed by atoms with Gasteiger partial charge in [0.05, 0.1) is 12.7 Å². The normalized spacial score (nSPS) is 9.96. The molecule has 0 unspecified atom stereocenters. The topological polar surface area (TPSA) is 51.2 Å². The molecule has 0 bridgehead atoms. The molecule has 0 aliphatic carbocycles. The Hall–Kier alpha value is -3.14. The van der Waals surface area contributed by atoms with E-state index in [0.717, 1.165) is 33.7 Å². The van der Waals surface area contributed by atoms with Gasteiger partial charge in [0.1, 0.15) is 5.75 Å². The number of aromatic nitrogens is 1. The molecule has 1 amide bonds. The Bertz CT molecular complexity index is 920. The van der Waals surface area contributed by atoms with E-state index in [-0.39, 0.29) is 13.3 Å². The van der Waals surface area contributed by atoms with Crippen LogP contribution in [-0.2, 0) is 0 Å². The number of pyridine rings is 1. The molecule has 0 fully saturated rings. The molecule has 1 N–H and O–H groups in total. The van der Waals surface area contributed by atoms with E-state index in [1.807, 2.05) is 62.4 Å². The third-order valence-electron chi connectivity index (χ3n) is 4.04. The molecule has 1 heterocycles. The van der Waals surface area contributed by atoms with Crippen molar-refractivity contribution in [3.05, 3.63) is 77.6 Å². The van der Waals surface area contributed by atoms with E-state index in [9.17, 15) is 4.79 Å². The lowest BCUT2D eigenvalue weighted by atomic mass is 10.1. The molecule has 0 saturated carbocycles. The highest BCUT2D eigenvalue weighted by Gasteiger charge is 2.10. The average molecular weight is 348 g/mol. The van der Waals surface area contributed by atoms with Gasteiger partial charge in [-0.05, 0) is 54.8 Å². The predicted molar refractivity (Wildman–Crippen MR) is 107 cm³/mol. The van der Waals surface area contributed by atoms with Crippen LogP contribution < -0.4 is 10.1 Å². The predicted octanol–water partition coefficient (Wildman–Crippen LogP) is 5.26. The summed E-state index contributed by atoms with van der Waals surface area (Å²) < 4.78 is 5.26. The Labute approximate surface area is 154 Å². The maximum Gasteiger partial charge on any atom is 0.257 e. The van der Waals surface area contributed by atoms with Crippen LogP contribution in [0.15, 0.2) is 60.9 Å². The second-order valence-corrected chi connectivity index (χ2v) is 5.97. The lowest BCUT2D eigenvalue weighted by molar-refractivity contribution is 0.102. The maximum absolute atomic E-state index is 12.6. The molecule has 134 valence electrons. The number of carbonyl (C=O) groups is 1. The van der Waals surface area contributed by atoms with Crippen molar-refractivity contribution in [1.82, 2.24) is 4.98 Å². The average Bonchev–Trinajstić information content (AvgIpc) is 2.65. The molecule has 1 aromatic heterocycles. The number of ether oxygens (including phenoxy) is 1. The lowest BCUT2D eigenvalue weighted by Crippen LogP contribution is -2.13. The minimum Gasteiger partial charge on any atom is -0.497 e. The molecule has 4 nitrogen and oxygen atoms in total. The van der Waals surface area contributed by atoms with Gasteiger partial charge in [-0.25, -0.2) is 0 Å². The third-order valence-corrected chi connectivity index (χ3v) is 4.04. The Morgan fingerprint density at radius 1 is 1.00 bits per heavy atom. The van der Waals surface area contributed by atoms with E-state index in [1.165, 1.54) is 0 Å². The van der Waals surface area contributed by atoms with Crippen LogP contribution in [0.1, 0.15) is 28.9 Å². The van der Waals surface area contributed by atoms with Crippen molar-refractivity contribution in [2.75, 3.05) is 12.4 Å². The largest absolute Gasteiger partial charge is 0.497 e. The summed E-state index contributed by atoms with van der Waals surface area (Å²) >= 11 is 0. The van der Waals surface area contributed by atoms with Crippen LogP contribution in [0.2, 0.25) is 0 Å². The Kier molecular flexibility index (Phi) is 6.12. The standard InChI is InChI=1S/C21H20N2O2.CH4/c1-14-7-8-15(2)20(9-14)23-21(24)18-10-17(12-22-13-18)16-5-4-6-19(11-16)25-3;/h4-13H,1-3H3,(H,23,24);1H4. The third kappa shape index (κ3) is 4.28. The molecule has 0 radical (unpaired) electrons. The highest BCUT2D eigenvalue weighted by Crippen LogP contribution is 2.24. The van der Waals surface area contributed by atoms with Gasteiger partial charge in [0.2, 0.25) is 0 Å². The molecule has 26 heavy (non-hydrogen) atoms. The maximum atomic E-state index is 12.6. The number of anilines is 1. The van der Waals surface area contributed by atoms with Gasteiger partial charge in [0, 0.05) is 23.6 Å². The molecule has 0 aliphatic rings. The zero-order valence-electron chi connectivity index (χ0n) is 14.5. The second kappa shape index (κ2) is 8.30. The van der Waals surface area contributed by atoms with Crippen molar-refractivity contribution in [2.45, 2.75) is 21.3 Å². The summed E-state index contributed by atoms with van der Waals surface area (Å²) in [6, 6.07) is 15.5. The summed E-state index contributed by atoms with van der Waals surface area (Å²) in [6.07, 6.45) is 3.31. The number of rotatable bonds is 4. The second-order valence-electron chi connectivity index (χ2n) is 5.97. The van der Waals surface area contributed by atoms with Crippen LogP contribution in [0.25, 0.3) is 11.1 Å². The van der Waals surface area contributed by atoms with Crippen molar-refractivity contribution < 1.29 is 9.53 Å². The minimum atomic E-state index is -0.175. The lowest BCUT2D eigenvalue weighted by Gasteiger charge is -2.10. The van der Waals surface area contributed by atoms with Crippen LogP contribution >= 0.6 is 0 Å². The number of methoxy groups -OCH3 is 1. The fourth-order valence-corrected chi connectivity index (χ4v) is 2.59. The van der Waals surface area contributed by atoms with Crippen molar-refractivity contribution in [1.29, 1.82) is 0 Å². The molecule has 2 aromatic carbocycles. The smallest absolute Gasteiger partial charge is 0.257 e. The zero-order chi connectivity index (χ0) is 17.8. The number of nitrogens with zero attached hydrogens (tertiary/aromatic N) is 1. The Morgan fingerprint density at radius 2 is 1.81 bits per heavy atom. The van der Waals surface area contributed by atoms with Crippen LogP contribution in [0.4, 0.5) is 5.69 Å². The van der Waals surface area contributed by atoms with Crippen LogP contribution in [-0.4, -0.2) is 18.0 Å². The molecular weight excluding hydrogens is 324 g/mol. The van der Waals surface area contributed by atoms with Crippen molar-refractivity contribution >= 4 is 11.6 Å². The summed E-state index contributed by atoms with van der Waals surface area (Å²) in [6.45, 7) is 3.97. The van der Waals surface area contributed by atoms with Gasteiger partial charge in [0.15, 0.2) is 0 Å². The van der Waals surface area contributed by atoms with E-state index in [1.54, 1.807) is 19.5 Å². The fraction of sp³-hybridized carbons (Fsp3) is 0.182. The fourth-order valence-electron chi connectivity index (χ4n) is 2.59. The number of carbonyl (C=O) groups excluding carboxylic acids is 1. The summed E-state index contributed by atoms with van der Waals surface area (Å²) in [5, 5.41) is 2.96. The molecule has 0 saturated heterocycles. The number of aryl methyl sites for hydroxylation is 2. The number of nitrogens with one attached hydrogen (secondary N) is 1. The van der Waals surface area contributed by atoms with E-state index in [0.29, 0.717) is 5.56 Å². The molecule has 0 spiro atoms. The van der Waals surface area contributed by atoms with E-state index in [2.05, 4.69) is 10.3 Å². The monoisotopic (exact) mass is 348 g/mol. The summed E-state index contributed by atoms with van der Waals surface area (Å²) in [5.41, 5.74) is 5.28. The first kappa shape index (κ1) is 19.2. The van der Waals surface area contributed by atoms with Crippen LogP contribution in [0.5, 0.6) is 5.75 Å². The van der Waals surface area contributed by atoms with E-state index >= 15 is 0 Å². The Morgan fingerprint density at radius 3 is 2.58 bits per heavy atom. The number of hydrogen-bond donors (Lipinski definition) is 1. The van der Waals surface area contributed by atoms with Gasteiger partial charge in [-0.3, -0.25) is 9.78 Å². The van der Waals surface area contributed by atoms with Crippen LogP contribution in [0.3, 0.4) is 0 Å². The number of benzene rings is 2. The van der Waals surface area contributed by atoms with Crippen LogP contribution in [0, 0.1) is 13.8 Å². The first-order valence-electron chi connectivity index (χ1n) is 8.05. The first-order chi connectivity index (χ1) is 12.1. The zero-order valence-corrected chi connectivity index (χ0v) is 14.5. The quantitative estimate of drug-likeness (QED) is 0.699. The van der Waals surface area contributed by atoms with Crippen molar-refractivity contribution in [3.8, 4) is 16.9 Å². The summed E-state index contributed by atoms with van der Waals surface area (Å²) in [5.74, 6) is 0.591. The minimum absolute atomic E-state index is 0. The molecule has 4 heteroatoms. The Balaban J connectivity index is 0.00000243. The highest BCUT2D eigenvalue weighted by atomic mass is 16.5.